The van der Waals surface area contributed by atoms with Gasteiger partial charge in [0.2, 0.25) is 0 Å². The molecule has 0 spiro atoms. The lowest BCUT2D eigenvalue weighted by Gasteiger charge is -1.93. The van der Waals surface area contributed by atoms with Gasteiger partial charge in [0.15, 0.2) is 0 Å². The smallest absolute Gasteiger partial charge is 0.284 e. The molecule has 4 heteroatoms. The van der Waals surface area contributed by atoms with E-state index in [1.54, 1.807) is 18.2 Å². The van der Waals surface area contributed by atoms with Gasteiger partial charge in [-0.1, -0.05) is 24.0 Å². The minimum atomic E-state index is -0.433. The van der Waals surface area contributed by atoms with Crippen LogP contribution in [0.4, 0.5) is 5.69 Å². The summed E-state index contributed by atoms with van der Waals surface area (Å²) in [7, 11) is 0. The van der Waals surface area contributed by atoms with Crippen LogP contribution in [0.2, 0.25) is 0 Å². The monoisotopic (exact) mass is 219 g/mol. The Balaban J connectivity index is 2.69. The summed E-state index contributed by atoms with van der Waals surface area (Å²) in [5.41, 5.74) is 0.480. The van der Waals surface area contributed by atoms with E-state index in [1.165, 1.54) is 6.07 Å². The van der Waals surface area contributed by atoms with Crippen molar-refractivity contribution in [1.82, 2.24) is 0 Å². The Kier molecular flexibility index (Phi) is 5.03. The van der Waals surface area contributed by atoms with E-state index in [-0.39, 0.29) is 12.3 Å². The van der Waals surface area contributed by atoms with Crippen LogP contribution in [-0.2, 0) is 0 Å². The third-order valence-electron chi connectivity index (χ3n) is 2.03. The number of benzene rings is 1. The molecule has 1 aromatic carbocycles. The minimum Gasteiger partial charge on any atom is -0.396 e. The summed E-state index contributed by atoms with van der Waals surface area (Å²) < 4.78 is 0. The highest BCUT2D eigenvalue weighted by Gasteiger charge is 2.09. The van der Waals surface area contributed by atoms with Crippen molar-refractivity contribution in [2.75, 3.05) is 6.61 Å². The highest BCUT2D eigenvalue weighted by atomic mass is 16.6. The normalized spacial score (nSPS) is 9.31. The second-order valence-corrected chi connectivity index (χ2v) is 3.26. The molecule has 0 atom stereocenters. The van der Waals surface area contributed by atoms with Crippen LogP contribution >= 0.6 is 0 Å². The molecule has 0 saturated carbocycles. The molecule has 4 nitrogen and oxygen atoms in total. The van der Waals surface area contributed by atoms with E-state index >= 15 is 0 Å². The van der Waals surface area contributed by atoms with Crippen molar-refractivity contribution in [3.63, 3.8) is 0 Å². The summed E-state index contributed by atoms with van der Waals surface area (Å²) in [5.74, 6) is 5.65. The molecule has 0 bridgehead atoms. The van der Waals surface area contributed by atoms with Crippen molar-refractivity contribution in [1.29, 1.82) is 0 Å². The van der Waals surface area contributed by atoms with Crippen LogP contribution in [-0.4, -0.2) is 16.6 Å². The fourth-order valence-corrected chi connectivity index (χ4v) is 1.22. The molecule has 1 aromatic rings. The molecule has 1 N–H and O–H groups in total. The molecule has 0 fully saturated rings. The zero-order chi connectivity index (χ0) is 11.8. The Morgan fingerprint density at radius 2 is 2.06 bits per heavy atom. The number of para-hydroxylation sites is 1. The molecule has 1 rings (SSSR count). The first-order valence-electron chi connectivity index (χ1n) is 5.09. The predicted octanol–water partition coefficient (Wildman–Crippen LogP) is 2.11. The number of nitro benzene ring substituents is 1. The molecule has 0 aliphatic rings. The molecular weight excluding hydrogens is 206 g/mol. The average Bonchev–Trinajstić information content (AvgIpc) is 2.29. The van der Waals surface area contributed by atoms with E-state index in [1.807, 2.05) is 0 Å². The topological polar surface area (TPSA) is 63.4 Å². The van der Waals surface area contributed by atoms with Crippen LogP contribution in [0.5, 0.6) is 0 Å². The van der Waals surface area contributed by atoms with E-state index in [4.69, 9.17) is 5.11 Å². The summed E-state index contributed by atoms with van der Waals surface area (Å²) in [4.78, 5) is 10.2. The maximum atomic E-state index is 10.7. The Bertz CT molecular complexity index is 418. The number of aliphatic hydroxyl groups is 1. The van der Waals surface area contributed by atoms with Crippen LogP contribution in [0.1, 0.15) is 24.8 Å². The summed E-state index contributed by atoms with van der Waals surface area (Å²) >= 11 is 0. The Hall–Kier alpha value is -1.86. The first kappa shape index (κ1) is 12.2. The summed E-state index contributed by atoms with van der Waals surface area (Å²) in [5, 5.41) is 19.2. The van der Waals surface area contributed by atoms with Gasteiger partial charge in [0, 0.05) is 19.1 Å². The maximum absolute atomic E-state index is 10.7. The maximum Gasteiger partial charge on any atom is 0.284 e. The van der Waals surface area contributed by atoms with Gasteiger partial charge in [-0.25, -0.2) is 0 Å². The molecular formula is C12H13NO3. The number of aliphatic hydroxyl groups excluding tert-OH is 1. The first-order chi connectivity index (χ1) is 7.75. The number of nitro groups is 1. The van der Waals surface area contributed by atoms with Gasteiger partial charge in [0.05, 0.1) is 4.92 Å². The van der Waals surface area contributed by atoms with Crippen LogP contribution in [0.15, 0.2) is 24.3 Å². The standard InChI is InChI=1S/C12H13NO3/c14-10-6-2-1-3-7-11-8-4-5-9-12(11)13(15)16/h4-5,8-9,14H,1-2,6,10H2. The lowest BCUT2D eigenvalue weighted by Crippen LogP contribution is -1.91. The molecule has 0 radical (unpaired) electrons. The molecule has 0 aliphatic heterocycles. The van der Waals surface area contributed by atoms with Crippen molar-refractivity contribution in [2.24, 2.45) is 0 Å². The second-order valence-electron chi connectivity index (χ2n) is 3.26. The van der Waals surface area contributed by atoms with Crippen molar-refractivity contribution in [3.05, 3.63) is 39.9 Å². The number of nitrogens with zero attached hydrogens (tertiary/aromatic N) is 1. The molecule has 0 saturated heterocycles. The van der Waals surface area contributed by atoms with Gasteiger partial charge in [-0.15, -0.1) is 0 Å². The van der Waals surface area contributed by atoms with E-state index in [0.717, 1.165) is 6.42 Å². The number of hydrogen-bond donors (Lipinski definition) is 1. The third kappa shape index (κ3) is 3.71. The van der Waals surface area contributed by atoms with E-state index in [9.17, 15) is 10.1 Å². The van der Waals surface area contributed by atoms with E-state index < -0.39 is 4.92 Å². The van der Waals surface area contributed by atoms with Crippen molar-refractivity contribution in [2.45, 2.75) is 19.3 Å². The lowest BCUT2D eigenvalue weighted by molar-refractivity contribution is -0.385. The molecule has 0 heterocycles. The van der Waals surface area contributed by atoms with Gasteiger partial charge < -0.3 is 5.11 Å². The van der Waals surface area contributed by atoms with Crippen molar-refractivity contribution < 1.29 is 10.0 Å². The number of hydrogen-bond acceptors (Lipinski definition) is 3. The largest absolute Gasteiger partial charge is 0.396 e. The fraction of sp³-hybridized carbons (Fsp3) is 0.333. The average molecular weight is 219 g/mol. The van der Waals surface area contributed by atoms with Crippen molar-refractivity contribution in [3.8, 4) is 11.8 Å². The zero-order valence-electron chi connectivity index (χ0n) is 8.85. The van der Waals surface area contributed by atoms with Crippen molar-refractivity contribution >= 4 is 5.69 Å². The van der Waals surface area contributed by atoms with Gasteiger partial charge in [-0.05, 0) is 18.9 Å². The molecule has 0 aliphatic carbocycles. The van der Waals surface area contributed by atoms with Crippen LogP contribution in [0.3, 0.4) is 0 Å². The highest BCUT2D eigenvalue weighted by molar-refractivity contribution is 5.50. The van der Waals surface area contributed by atoms with Gasteiger partial charge in [-0.3, -0.25) is 10.1 Å². The van der Waals surface area contributed by atoms with Crippen LogP contribution < -0.4 is 0 Å². The molecule has 0 amide bonds. The van der Waals surface area contributed by atoms with Gasteiger partial charge in [-0.2, -0.15) is 0 Å². The summed E-state index contributed by atoms with van der Waals surface area (Å²) in [6.07, 6.45) is 2.17. The number of unbranched alkanes of at least 4 members (excludes halogenated alkanes) is 2. The van der Waals surface area contributed by atoms with E-state index in [2.05, 4.69) is 11.8 Å². The first-order valence-corrected chi connectivity index (χ1v) is 5.09. The summed E-state index contributed by atoms with van der Waals surface area (Å²) in [6.45, 7) is 0.160. The fourth-order valence-electron chi connectivity index (χ4n) is 1.22. The zero-order valence-corrected chi connectivity index (χ0v) is 8.85. The van der Waals surface area contributed by atoms with Crippen LogP contribution in [0.25, 0.3) is 0 Å². The van der Waals surface area contributed by atoms with Crippen LogP contribution in [0, 0.1) is 22.0 Å². The molecule has 0 aromatic heterocycles. The molecule has 0 unspecified atom stereocenters. The number of rotatable bonds is 4. The SMILES string of the molecule is O=[N+]([O-])c1ccccc1C#CCCCCO. The Labute approximate surface area is 94.1 Å². The molecule has 16 heavy (non-hydrogen) atoms. The van der Waals surface area contributed by atoms with Gasteiger partial charge in [0.25, 0.3) is 5.69 Å². The quantitative estimate of drug-likeness (QED) is 0.365. The molecule has 84 valence electrons. The van der Waals surface area contributed by atoms with Gasteiger partial charge in [0.1, 0.15) is 5.56 Å². The second kappa shape index (κ2) is 6.59. The lowest BCUT2D eigenvalue weighted by atomic mass is 10.1. The van der Waals surface area contributed by atoms with Gasteiger partial charge >= 0.3 is 0 Å². The predicted molar refractivity (Wildman–Crippen MR) is 60.9 cm³/mol. The highest BCUT2D eigenvalue weighted by Crippen LogP contribution is 2.15. The van der Waals surface area contributed by atoms with E-state index in [0.29, 0.717) is 18.4 Å². The third-order valence-corrected chi connectivity index (χ3v) is 2.03. The Morgan fingerprint density at radius 1 is 1.31 bits per heavy atom. The summed E-state index contributed by atoms with van der Waals surface area (Å²) in [6, 6.07) is 6.43. The Morgan fingerprint density at radius 3 is 2.75 bits per heavy atom. The minimum absolute atomic E-state index is 0.0390.